The summed E-state index contributed by atoms with van der Waals surface area (Å²) in [5.41, 5.74) is 4.86. The maximum Gasteiger partial charge on any atom is 0.246 e. The summed E-state index contributed by atoms with van der Waals surface area (Å²) in [6.45, 7) is 3.58. The number of rotatable bonds is 8. The quantitative estimate of drug-likeness (QED) is 0.262. The highest BCUT2D eigenvalue weighted by atomic mass is 16.5. The highest BCUT2D eigenvalue weighted by Gasteiger charge is 2.43. The number of amides is 1. The molecule has 0 spiro atoms. The largest absolute Gasteiger partial charge is 0.457 e. The first-order valence-electron chi connectivity index (χ1n) is 14.7. The fourth-order valence-electron chi connectivity index (χ4n) is 6.56. The molecule has 2 saturated heterocycles. The van der Waals surface area contributed by atoms with Gasteiger partial charge in [0.25, 0.3) is 0 Å². The second-order valence-electron chi connectivity index (χ2n) is 11.8. The van der Waals surface area contributed by atoms with Crippen LogP contribution in [0.2, 0.25) is 0 Å². The summed E-state index contributed by atoms with van der Waals surface area (Å²) in [7, 11) is 4.01. The minimum atomic E-state index is 0.129. The van der Waals surface area contributed by atoms with E-state index in [1.54, 1.807) is 16.9 Å². The normalized spacial score (nSPS) is 20.1. The molecule has 1 saturated carbocycles. The van der Waals surface area contributed by atoms with E-state index in [0.29, 0.717) is 17.6 Å². The van der Waals surface area contributed by atoms with Crippen LogP contribution in [0, 0.1) is 12.8 Å². The van der Waals surface area contributed by atoms with Crippen molar-refractivity contribution in [3.8, 4) is 11.5 Å². The van der Waals surface area contributed by atoms with Crippen molar-refractivity contribution in [2.45, 2.75) is 38.1 Å². The van der Waals surface area contributed by atoms with E-state index in [4.69, 9.17) is 4.74 Å². The van der Waals surface area contributed by atoms with E-state index in [1.165, 1.54) is 11.9 Å². The third kappa shape index (κ3) is 5.32. The third-order valence-electron chi connectivity index (χ3n) is 8.65. The van der Waals surface area contributed by atoms with Crippen LogP contribution < -0.4 is 10.1 Å². The number of nitrogens with zero attached hydrogens (tertiary/aromatic N) is 8. The Bertz CT molecular complexity index is 1820. The standard InChI is InChI=1S/C32H35N9O2/c1-21-15-23(7-9-28(21)43-25-10-13-40-29(17-25)33-19-35-40)37-32-31-26(11-14-41(31)36-20-34-32)27-16-24-8-6-22(27)18-39(24)30(42)5-4-12-38(2)3/h4-5,7,9-11,13-15,17,19-20,22,24,27H,6,8,12,16,18H2,1-3H3,(H,34,36,37)/b5-4+. The average molecular weight is 578 g/mol. The number of carbonyl (C=O) groups excluding carboxylic acids is 1. The molecule has 11 nitrogen and oxygen atoms in total. The minimum Gasteiger partial charge on any atom is -0.457 e. The Morgan fingerprint density at radius 3 is 2.72 bits per heavy atom. The number of pyridine rings is 1. The van der Waals surface area contributed by atoms with Gasteiger partial charge < -0.3 is 19.9 Å². The zero-order valence-electron chi connectivity index (χ0n) is 24.6. The number of piperidine rings is 2. The summed E-state index contributed by atoms with van der Waals surface area (Å²) < 4.78 is 9.77. The molecule has 1 aromatic carbocycles. The Hall–Kier alpha value is -4.77. The molecule has 5 aromatic rings. The van der Waals surface area contributed by atoms with E-state index in [-0.39, 0.29) is 11.9 Å². The van der Waals surface area contributed by atoms with Crippen molar-refractivity contribution in [3.05, 3.63) is 84.7 Å². The summed E-state index contributed by atoms with van der Waals surface area (Å²) in [4.78, 5) is 26.0. The monoisotopic (exact) mass is 577 g/mol. The average Bonchev–Trinajstić information content (AvgIpc) is 3.66. The number of aromatic nitrogens is 6. The minimum absolute atomic E-state index is 0.129. The van der Waals surface area contributed by atoms with Crippen molar-refractivity contribution in [1.29, 1.82) is 0 Å². The topological polar surface area (TPSA) is 105 Å². The number of aryl methyl sites for hydroxylation is 1. The van der Waals surface area contributed by atoms with E-state index in [2.05, 4.69) is 47.4 Å². The molecule has 1 amide bonds. The van der Waals surface area contributed by atoms with E-state index in [0.717, 1.165) is 66.3 Å². The van der Waals surface area contributed by atoms with Crippen LogP contribution in [-0.4, -0.2) is 78.1 Å². The number of hydrogen-bond acceptors (Lipinski definition) is 8. The van der Waals surface area contributed by atoms with Crippen LogP contribution >= 0.6 is 0 Å². The molecule has 8 rings (SSSR count). The Balaban J connectivity index is 1.10. The lowest BCUT2D eigenvalue weighted by Crippen LogP contribution is -2.53. The van der Waals surface area contributed by atoms with Crippen molar-refractivity contribution in [3.63, 3.8) is 0 Å². The van der Waals surface area contributed by atoms with Gasteiger partial charge in [-0.25, -0.2) is 19.0 Å². The number of benzene rings is 1. The molecule has 0 radical (unpaired) electrons. The summed E-state index contributed by atoms with van der Waals surface area (Å²) in [6.07, 6.45) is 13.8. The zero-order chi connectivity index (χ0) is 29.5. The van der Waals surface area contributed by atoms with Crippen molar-refractivity contribution in [2.75, 3.05) is 32.5 Å². The van der Waals surface area contributed by atoms with Crippen LogP contribution in [0.5, 0.6) is 11.5 Å². The van der Waals surface area contributed by atoms with Gasteiger partial charge in [-0.15, -0.1) is 0 Å². The first-order valence-corrected chi connectivity index (χ1v) is 14.7. The maximum absolute atomic E-state index is 13.0. The number of nitrogens with one attached hydrogen (secondary N) is 1. The lowest BCUT2D eigenvalue weighted by atomic mass is 9.69. The molecule has 1 N–H and O–H groups in total. The SMILES string of the molecule is Cc1cc(Nc2ncnn3ccc(C4CC5CCC4CN5C(=O)/C=C/CN(C)C)c23)ccc1Oc1ccn2ncnc2c1. The van der Waals surface area contributed by atoms with Gasteiger partial charge in [-0.2, -0.15) is 10.2 Å². The van der Waals surface area contributed by atoms with Crippen molar-refractivity contribution < 1.29 is 9.53 Å². The smallest absolute Gasteiger partial charge is 0.246 e. The van der Waals surface area contributed by atoms with Gasteiger partial charge in [0.1, 0.15) is 29.7 Å². The Morgan fingerprint density at radius 1 is 1.07 bits per heavy atom. The second kappa shape index (κ2) is 11.1. The number of ether oxygens (including phenoxy) is 1. The van der Waals surface area contributed by atoms with Crippen LogP contribution in [0.15, 0.2) is 73.6 Å². The highest BCUT2D eigenvalue weighted by molar-refractivity contribution is 5.88. The first kappa shape index (κ1) is 27.1. The summed E-state index contributed by atoms with van der Waals surface area (Å²) in [5.74, 6) is 3.12. The van der Waals surface area contributed by atoms with Gasteiger partial charge in [0, 0.05) is 49.4 Å². The molecule has 3 aliphatic rings. The first-order chi connectivity index (χ1) is 20.9. The van der Waals surface area contributed by atoms with Crippen LogP contribution in [-0.2, 0) is 4.79 Å². The molecule has 3 atom stereocenters. The molecule has 11 heteroatoms. The number of likely N-dealkylation sites (N-methyl/N-ethyl adjacent to an activating group) is 1. The van der Waals surface area contributed by atoms with Gasteiger partial charge in [0.05, 0.1) is 0 Å². The van der Waals surface area contributed by atoms with Crippen molar-refractivity contribution in [2.24, 2.45) is 5.92 Å². The summed E-state index contributed by atoms with van der Waals surface area (Å²) in [6, 6.07) is 12.2. The van der Waals surface area contributed by atoms with Crippen LogP contribution in [0.4, 0.5) is 11.5 Å². The van der Waals surface area contributed by atoms with Crippen LogP contribution in [0.25, 0.3) is 11.2 Å². The van der Waals surface area contributed by atoms with Crippen LogP contribution in [0.1, 0.15) is 36.3 Å². The summed E-state index contributed by atoms with van der Waals surface area (Å²) in [5, 5.41) is 12.2. The van der Waals surface area contributed by atoms with E-state index >= 15 is 0 Å². The predicted molar refractivity (Wildman–Crippen MR) is 164 cm³/mol. The summed E-state index contributed by atoms with van der Waals surface area (Å²) >= 11 is 0. The molecule has 2 aliphatic heterocycles. The maximum atomic E-state index is 13.0. The van der Waals surface area contributed by atoms with Crippen molar-refractivity contribution in [1.82, 2.24) is 39.0 Å². The van der Waals surface area contributed by atoms with Gasteiger partial charge in [-0.05, 0) is 93.6 Å². The Morgan fingerprint density at radius 2 is 1.91 bits per heavy atom. The molecular formula is C32H35N9O2. The van der Waals surface area contributed by atoms with Gasteiger partial charge in [0.2, 0.25) is 5.91 Å². The zero-order valence-corrected chi connectivity index (χ0v) is 24.6. The Kier molecular flexibility index (Phi) is 7.02. The van der Waals surface area contributed by atoms with E-state index in [1.807, 2.05) is 68.3 Å². The predicted octanol–water partition coefficient (Wildman–Crippen LogP) is 4.83. The molecule has 220 valence electrons. The fourth-order valence-corrected chi connectivity index (χ4v) is 6.56. The Labute approximate surface area is 249 Å². The van der Waals surface area contributed by atoms with Gasteiger partial charge >= 0.3 is 0 Å². The van der Waals surface area contributed by atoms with Gasteiger partial charge in [-0.3, -0.25) is 4.79 Å². The van der Waals surface area contributed by atoms with Crippen LogP contribution in [0.3, 0.4) is 0 Å². The molecule has 1 aliphatic carbocycles. The van der Waals surface area contributed by atoms with E-state index in [9.17, 15) is 4.79 Å². The molecule has 2 bridgehead atoms. The second-order valence-corrected chi connectivity index (χ2v) is 11.8. The number of hydrogen-bond donors (Lipinski definition) is 1. The molecule has 3 unspecified atom stereocenters. The lowest BCUT2D eigenvalue weighted by molar-refractivity contribution is -0.134. The number of fused-ring (bicyclic) bond motifs is 5. The third-order valence-corrected chi connectivity index (χ3v) is 8.65. The molecule has 4 aromatic heterocycles. The van der Waals surface area contributed by atoms with E-state index < -0.39 is 0 Å². The van der Waals surface area contributed by atoms with Gasteiger partial charge in [-0.1, -0.05) is 6.08 Å². The molecular weight excluding hydrogens is 542 g/mol. The molecule has 43 heavy (non-hydrogen) atoms. The fraction of sp³-hybridized carbons (Fsp3) is 0.344. The van der Waals surface area contributed by atoms with Gasteiger partial charge in [0.15, 0.2) is 11.5 Å². The number of anilines is 2. The number of carbonyl (C=O) groups is 1. The lowest BCUT2D eigenvalue weighted by Gasteiger charge is -2.49. The van der Waals surface area contributed by atoms with Crippen molar-refractivity contribution >= 4 is 28.6 Å². The molecule has 3 fully saturated rings. The highest BCUT2D eigenvalue weighted by Crippen LogP contribution is 2.47. The molecule has 6 heterocycles.